The zero-order valence-electron chi connectivity index (χ0n) is 14.4. The molecule has 5 nitrogen and oxygen atoms in total. The van der Waals surface area contributed by atoms with Gasteiger partial charge in [-0.15, -0.1) is 0 Å². The number of hydroxylamine groups is 1. The normalized spacial score (nSPS) is 10.3. The second-order valence-electron chi connectivity index (χ2n) is 5.60. The summed E-state index contributed by atoms with van der Waals surface area (Å²) in [5.74, 6) is 0.345. The van der Waals surface area contributed by atoms with Gasteiger partial charge in [0, 0.05) is 18.4 Å². The highest BCUT2D eigenvalue weighted by Gasteiger charge is 2.10. The van der Waals surface area contributed by atoms with Gasteiger partial charge in [0.25, 0.3) is 0 Å². The zero-order chi connectivity index (χ0) is 17.9. The fourth-order valence-electron chi connectivity index (χ4n) is 2.15. The molecule has 25 heavy (non-hydrogen) atoms. The fraction of sp³-hybridized carbons (Fsp3) is 0.300. The van der Waals surface area contributed by atoms with Crippen molar-refractivity contribution in [2.45, 2.75) is 32.8 Å². The van der Waals surface area contributed by atoms with Crippen molar-refractivity contribution in [3.8, 4) is 5.75 Å². The van der Waals surface area contributed by atoms with E-state index in [1.807, 2.05) is 37.3 Å². The van der Waals surface area contributed by atoms with Crippen molar-refractivity contribution in [1.29, 1.82) is 0 Å². The predicted molar refractivity (Wildman–Crippen MR) is 95.2 cm³/mol. The summed E-state index contributed by atoms with van der Waals surface area (Å²) in [4.78, 5) is 29.0. The smallest absolute Gasteiger partial charge is 0.243 e. The molecule has 132 valence electrons. The van der Waals surface area contributed by atoms with Crippen LogP contribution in [-0.2, 0) is 16.2 Å². The highest BCUT2D eigenvalue weighted by molar-refractivity contribution is 5.97. The quantitative estimate of drug-likeness (QED) is 0.529. The van der Waals surface area contributed by atoms with E-state index in [-0.39, 0.29) is 24.5 Å². The Kier molecular flexibility index (Phi) is 7.66. The molecular formula is C20H23NO4. The number of hydrogen-bond acceptors (Lipinski definition) is 4. The minimum Gasteiger partial charge on any atom is -0.494 e. The molecule has 0 unspecified atom stereocenters. The van der Waals surface area contributed by atoms with Crippen LogP contribution in [0.1, 0.15) is 42.1 Å². The van der Waals surface area contributed by atoms with Crippen LogP contribution in [0.25, 0.3) is 0 Å². The first-order valence-electron chi connectivity index (χ1n) is 8.39. The zero-order valence-corrected chi connectivity index (χ0v) is 14.4. The van der Waals surface area contributed by atoms with E-state index in [2.05, 4.69) is 5.48 Å². The summed E-state index contributed by atoms with van der Waals surface area (Å²) in [6.45, 7) is 2.97. The number of Topliss-reactive ketones (excluding diaryl/α,β-unsaturated/α-hetero) is 1. The summed E-state index contributed by atoms with van der Waals surface area (Å²) in [5.41, 5.74) is 3.89. The Bertz CT molecular complexity index is 668. The first-order chi connectivity index (χ1) is 12.2. The van der Waals surface area contributed by atoms with Gasteiger partial charge >= 0.3 is 0 Å². The third-order valence-corrected chi connectivity index (χ3v) is 3.50. The summed E-state index contributed by atoms with van der Waals surface area (Å²) in [6.07, 6.45) is 1.15. The Morgan fingerprint density at radius 1 is 0.960 bits per heavy atom. The van der Waals surface area contributed by atoms with Crippen LogP contribution in [0.3, 0.4) is 0 Å². The highest BCUT2D eigenvalue weighted by atomic mass is 16.6. The summed E-state index contributed by atoms with van der Waals surface area (Å²) >= 11 is 0. The third-order valence-electron chi connectivity index (χ3n) is 3.50. The van der Waals surface area contributed by atoms with Gasteiger partial charge in [0.05, 0.1) is 13.2 Å². The van der Waals surface area contributed by atoms with E-state index in [1.54, 1.807) is 24.3 Å². The predicted octanol–water partition coefficient (Wildman–Crippen LogP) is 3.69. The SMILES string of the molecule is CCCOc1ccc(C(=O)CCC(=O)NOCc2ccccc2)cc1. The maximum Gasteiger partial charge on any atom is 0.243 e. The number of amides is 1. The third kappa shape index (κ3) is 6.77. The van der Waals surface area contributed by atoms with Gasteiger partial charge in [0.15, 0.2) is 5.78 Å². The largest absolute Gasteiger partial charge is 0.494 e. The molecule has 0 saturated heterocycles. The van der Waals surface area contributed by atoms with Gasteiger partial charge < -0.3 is 4.74 Å². The van der Waals surface area contributed by atoms with E-state index in [0.717, 1.165) is 17.7 Å². The molecule has 0 fully saturated rings. The van der Waals surface area contributed by atoms with Gasteiger partial charge in [-0.2, -0.15) is 0 Å². The molecule has 5 heteroatoms. The van der Waals surface area contributed by atoms with E-state index < -0.39 is 0 Å². The van der Waals surface area contributed by atoms with Crippen molar-refractivity contribution in [2.24, 2.45) is 0 Å². The van der Waals surface area contributed by atoms with Gasteiger partial charge in [-0.05, 0) is 36.2 Å². The molecule has 2 rings (SSSR count). The Morgan fingerprint density at radius 2 is 1.68 bits per heavy atom. The van der Waals surface area contributed by atoms with Gasteiger partial charge in [-0.25, -0.2) is 5.48 Å². The number of ether oxygens (including phenoxy) is 1. The van der Waals surface area contributed by atoms with E-state index in [1.165, 1.54) is 0 Å². The number of carbonyl (C=O) groups is 2. The highest BCUT2D eigenvalue weighted by Crippen LogP contribution is 2.14. The molecule has 0 aliphatic heterocycles. The van der Waals surface area contributed by atoms with Crippen molar-refractivity contribution in [3.05, 3.63) is 65.7 Å². The summed E-state index contributed by atoms with van der Waals surface area (Å²) in [7, 11) is 0. The first kappa shape index (κ1) is 18.7. The molecule has 0 aliphatic rings. The van der Waals surface area contributed by atoms with Gasteiger partial charge in [0.2, 0.25) is 5.91 Å². The standard InChI is InChI=1S/C20H23NO4/c1-2-14-24-18-10-8-17(9-11-18)19(22)12-13-20(23)21-25-15-16-6-4-3-5-7-16/h3-11H,2,12-15H2,1H3,(H,21,23). The minimum atomic E-state index is -0.313. The lowest BCUT2D eigenvalue weighted by molar-refractivity contribution is -0.134. The van der Waals surface area contributed by atoms with Crippen molar-refractivity contribution in [2.75, 3.05) is 6.61 Å². The van der Waals surface area contributed by atoms with Crippen molar-refractivity contribution in [3.63, 3.8) is 0 Å². The van der Waals surface area contributed by atoms with Crippen molar-refractivity contribution < 1.29 is 19.2 Å². The second kappa shape index (κ2) is 10.3. The molecule has 1 amide bonds. The average molecular weight is 341 g/mol. The van der Waals surface area contributed by atoms with Crippen LogP contribution in [0.5, 0.6) is 5.75 Å². The molecule has 0 aromatic heterocycles. The van der Waals surface area contributed by atoms with Crippen molar-refractivity contribution >= 4 is 11.7 Å². The lowest BCUT2D eigenvalue weighted by Crippen LogP contribution is -2.24. The summed E-state index contributed by atoms with van der Waals surface area (Å²) in [5, 5.41) is 0. The number of nitrogens with one attached hydrogen (secondary N) is 1. The van der Waals surface area contributed by atoms with Crippen LogP contribution in [0.15, 0.2) is 54.6 Å². The van der Waals surface area contributed by atoms with Gasteiger partial charge in [-0.1, -0.05) is 37.3 Å². The molecule has 0 aliphatic carbocycles. The Labute approximate surface area is 147 Å². The molecule has 0 atom stereocenters. The van der Waals surface area contributed by atoms with Gasteiger partial charge in [0.1, 0.15) is 5.75 Å². The van der Waals surface area contributed by atoms with Crippen LogP contribution in [0, 0.1) is 0 Å². The van der Waals surface area contributed by atoms with Crippen LogP contribution >= 0.6 is 0 Å². The molecule has 0 spiro atoms. The lowest BCUT2D eigenvalue weighted by atomic mass is 10.1. The van der Waals surface area contributed by atoms with E-state index in [0.29, 0.717) is 18.8 Å². The molecule has 0 radical (unpaired) electrons. The van der Waals surface area contributed by atoms with E-state index in [4.69, 9.17) is 9.57 Å². The summed E-state index contributed by atoms with van der Waals surface area (Å²) in [6, 6.07) is 16.5. The second-order valence-corrected chi connectivity index (χ2v) is 5.60. The van der Waals surface area contributed by atoms with Crippen LogP contribution in [-0.4, -0.2) is 18.3 Å². The monoisotopic (exact) mass is 341 g/mol. The Hall–Kier alpha value is -2.66. The Balaban J connectivity index is 1.69. The fourth-order valence-corrected chi connectivity index (χ4v) is 2.15. The molecule has 1 N–H and O–H groups in total. The maximum atomic E-state index is 12.1. The number of rotatable bonds is 10. The van der Waals surface area contributed by atoms with Crippen LogP contribution < -0.4 is 10.2 Å². The number of hydrogen-bond donors (Lipinski definition) is 1. The Morgan fingerprint density at radius 3 is 2.36 bits per heavy atom. The molecule has 2 aromatic rings. The maximum absolute atomic E-state index is 12.1. The molecule has 0 saturated carbocycles. The topological polar surface area (TPSA) is 64.6 Å². The van der Waals surface area contributed by atoms with E-state index in [9.17, 15) is 9.59 Å². The van der Waals surface area contributed by atoms with Crippen LogP contribution in [0.2, 0.25) is 0 Å². The van der Waals surface area contributed by atoms with E-state index >= 15 is 0 Å². The molecule has 2 aromatic carbocycles. The number of ketones is 1. The van der Waals surface area contributed by atoms with Crippen molar-refractivity contribution in [1.82, 2.24) is 5.48 Å². The minimum absolute atomic E-state index is 0.0831. The number of benzene rings is 2. The lowest BCUT2D eigenvalue weighted by Gasteiger charge is -2.07. The van der Waals surface area contributed by atoms with Crippen LogP contribution in [0.4, 0.5) is 0 Å². The first-order valence-corrected chi connectivity index (χ1v) is 8.39. The summed E-state index contributed by atoms with van der Waals surface area (Å²) < 4.78 is 5.48. The van der Waals surface area contributed by atoms with Gasteiger partial charge in [-0.3, -0.25) is 14.4 Å². The average Bonchev–Trinajstić information content (AvgIpc) is 2.65. The molecular weight excluding hydrogens is 318 g/mol. The molecule has 0 bridgehead atoms. The number of carbonyl (C=O) groups excluding carboxylic acids is 2. The molecule has 0 heterocycles.